The average Bonchev–Trinajstić information content (AvgIpc) is 2.54. The van der Waals surface area contributed by atoms with E-state index in [1.165, 1.54) is 12.1 Å². The zero-order valence-electron chi connectivity index (χ0n) is 13.3. The van der Waals surface area contributed by atoms with Gasteiger partial charge in [-0.05, 0) is 31.2 Å². The van der Waals surface area contributed by atoms with Crippen LogP contribution in [0.3, 0.4) is 0 Å². The quantitative estimate of drug-likeness (QED) is 0.766. The number of carbonyl (C=O) groups is 3. The van der Waals surface area contributed by atoms with Gasteiger partial charge in [-0.15, -0.1) is 0 Å². The molecule has 1 aromatic carbocycles. The number of nitrogens with one attached hydrogen (secondary N) is 1. The third kappa shape index (κ3) is 2.89. The largest absolute Gasteiger partial charge is 0.507 e. The van der Waals surface area contributed by atoms with Gasteiger partial charge in [0.15, 0.2) is 0 Å². The van der Waals surface area contributed by atoms with Gasteiger partial charge < -0.3 is 20.4 Å². The van der Waals surface area contributed by atoms with Crippen molar-refractivity contribution in [2.24, 2.45) is 4.99 Å². The standard InChI is InChI=1S/C17H15N3O5/c1-17(9-14(22)19-13-4-2-3-7-20(13)17)16(25)18-10-5-6-11(15(23)24)12(21)8-10/h2-8,21H,9H2,1H3,(H,18,25)(H,23,24). The summed E-state index contributed by atoms with van der Waals surface area (Å²) in [5.41, 5.74) is -1.24. The van der Waals surface area contributed by atoms with Crippen LogP contribution in [0.15, 0.2) is 47.6 Å². The van der Waals surface area contributed by atoms with Crippen LogP contribution in [-0.2, 0) is 9.59 Å². The number of fused-ring (bicyclic) bond motifs is 1. The van der Waals surface area contributed by atoms with Gasteiger partial charge in [-0.25, -0.2) is 4.79 Å². The van der Waals surface area contributed by atoms with Crippen molar-refractivity contribution in [3.63, 3.8) is 0 Å². The summed E-state index contributed by atoms with van der Waals surface area (Å²) in [7, 11) is 0. The number of nitrogens with zero attached hydrogens (tertiary/aromatic N) is 2. The van der Waals surface area contributed by atoms with Crippen molar-refractivity contribution in [1.82, 2.24) is 4.90 Å². The van der Waals surface area contributed by atoms with E-state index in [9.17, 15) is 19.5 Å². The van der Waals surface area contributed by atoms with Crippen LogP contribution in [-0.4, -0.2) is 44.3 Å². The molecule has 0 saturated heterocycles. The second-order valence-corrected chi connectivity index (χ2v) is 5.88. The number of amides is 2. The Hall–Kier alpha value is -3.42. The number of carboxylic acid groups (broad SMARTS) is 1. The van der Waals surface area contributed by atoms with Crippen molar-refractivity contribution in [3.8, 4) is 5.75 Å². The number of hydrogen-bond acceptors (Lipinski definition) is 5. The molecule has 3 N–H and O–H groups in total. The lowest BCUT2D eigenvalue weighted by Gasteiger charge is -2.41. The fourth-order valence-electron chi connectivity index (χ4n) is 2.74. The number of phenols is 1. The molecular weight excluding hydrogens is 326 g/mol. The fourth-order valence-corrected chi connectivity index (χ4v) is 2.74. The third-order valence-corrected chi connectivity index (χ3v) is 4.08. The Labute approximate surface area is 142 Å². The van der Waals surface area contributed by atoms with E-state index < -0.39 is 29.1 Å². The molecule has 8 heteroatoms. The summed E-state index contributed by atoms with van der Waals surface area (Å²) in [4.78, 5) is 41.2. The van der Waals surface area contributed by atoms with E-state index in [2.05, 4.69) is 10.3 Å². The van der Waals surface area contributed by atoms with Crippen molar-refractivity contribution in [1.29, 1.82) is 0 Å². The molecule has 2 aliphatic heterocycles. The molecule has 8 nitrogen and oxygen atoms in total. The van der Waals surface area contributed by atoms with Crippen LogP contribution in [0, 0.1) is 0 Å². The van der Waals surface area contributed by atoms with Crippen LogP contribution in [0.25, 0.3) is 0 Å². The van der Waals surface area contributed by atoms with Gasteiger partial charge in [0.25, 0.3) is 11.8 Å². The lowest BCUT2D eigenvalue weighted by molar-refractivity contribution is -0.130. The molecule has 25 heavy (non-hydrogen) atoms. The highest BCUT2D eigenvalue weighted by Crippen LogP contribution is 2.30. The predicted octanol–water partition coefficient (Wildman–Crippen LogP) is 1.50. The second-order valence-electron chi connectivity index (χ2n) is 5.88. The fraction of sp³-hybridized carbons (Fsp3) is 0.176. The molecule has 3 rings (SSSR count). The summed E-state index contributed by atoms with van der Waals surface area (Å²) in [5, 5.41) is 21.3. The first-order valence-electron chi connectivity index (χ1n) is 7.45. The molecule has 0 bridgehead atoms. The monoisotopic (exact) mass is 341 g/mol. The Morgan fingerprint density at radius 3 is 2.76 bits per heavy atom. The lowest BCUT2D eigenvalue weighted by atomic mass is 9.91. The van der Waals surface area contributed by atoms with Gasteiger partial charge in [0.05, 0.1) is 6.42 Å². The van der Waals surface area contributed by atoms with Crippen LogP contribution < -0.4 is 5.32 Å². The maximum atomic E-state index is 12.8. The summed E-state index contributed by atoms with van der Waals surface area (Å²) in [6.07, 6.45) is 6.63. The van der Waals surface area contributed by atoms with Crippen molar-refractivity contribution in [3.05, 3.63) is 48.2 Å². The summed E-state index contributed by atoms with van der Waals surface area (Å²) in [6, 6.07) is 3.71. The number of carbonyl (C=O) groups excluding carboxylic acids is 2. The van der Waals surface area contributed by atoms with E-state index in [0.717, 1.165) is 6.07 Å². The lowest BCUT2D eigenvalue weighted by Crippen LogP contribution is -2.58. The number of aromatic hydroxyl groups is 1. The first kappa shape index (κ1) is 16.4. The smallest absolute Gasteiger partial charge is 0.339 e. The molecule has 0 spiro atoms. The minimum atomic E-state index is -1.27. The van der Waals surface area contributed by atoms with E-state index >= 15 is 0 Å². The van der Waals surface area contributed by atoms with Crippen molar-refractivity contribution >= 4 is 29.3 Å². The maximum absolute atomic E-state index is 12.8. The number of rotatable bonds is 3. The van der Waals surface area contributed by atoms with Gasteiger partial charge in [-0.3, -0.25) is 9.59 Å². The summed E-state index contributed by atoms with van der Waals surface area (Å²) in [5.74, 6) is -2.24. The Balaban J connectivity index is 1.88. The van der Waals surface area contributed by atoms with Crippen molar-refractivity contribution < 1.29 is 24.6 Å². The van der Waals surface area contributed by atoms with E-state index in [1.54, 1.807) is 36.3 Å². The number of allylic oxidation sites excluding steroid dienone is 2. The molecular formula is C17H15N3O5. The van der Waals surface area contributed by atoms with Crippen LogP contribution in [0.4, 0.5) is 5.69 Å². The van der Waals surface area contributed by atoms with Crippen LogP contribution >= 0.6 is 0 Å². The number of carboxylic acids is 1. The molecule has 0 aliphatic carbocycles. The molecule has 0 saturated carbocycles. The summed E-state index contributed by atoms with van der Waals surface area (Å²) in [6.45, 7) is 1.61. The second kappa shape index (κ2) is 5.90. The molecule has 1 atom stereocenters. The molecule has 2 amide bonds. The Morgan fingerprint density at radius 2 is 2.08 bits per heavy atom. The van der Waals surface area contributed by atoms with Crippen LogP contribution in [0.5, 0.6) is 5.75 Å². The predicted molar refractivity (Wildman–Crippen MR) is 89.3 cm³/mol. The topological polar surface area (TPSA) is 119 Å². The van der Waals surface area contributed by atoms with Gasteiger partial charge in [-0.1, -0.05) is 6.08 Å². The molecule has 128 valence electrons. The highest BCUT2D eigenvalue weighted by molar-refractivity contribution is 6.12. The third-order valence-electron chi connectivity index (χ3n) is 4.08. The molecule has 0 aromatic heterocycles. The number of amidine groups is 1. The van der Waals surface area contributed by atoms with Crippen LogP contribution in [0.2, 0.25) is 0 Å². The number of aliphatic imine (C=N–C) groups is 1. The number of hydrogen-bond donors (Lipinski definition) is 3. The first-order valence-corrected chi connectivity index (χ1v) is 7.45. The Bertz CT molecular complexity index is 871. The van der Waals surface area contributed by atoms with Gasteiger partial charge in [0.1, 0.15) is 22.7 Å². The zero-order chi connectivity index (χ0) is 18.2. The first-order chi connectivity index (χ1) is 11.8. The van der Waals surface area contributed by atoms with E-state index in [-0.39, 0.29) is 17.7 Å². The molecule has 2 aliphatic rings. The highest BCUT2D eigenvalue weighted by atomic mass is 16.4. The summed E-state index contributed by atoms with van der Waals surface area (Å²) < 4.78 is 0. The summed E-state index contributed by atoms with van der Waals surface area (Å²) >= 11 is 0. The van der Waals surface area contributed by atoms with E-state index in [1.807, 2.05) is 0 Å². The minimum Gasteiger partial charge on any atom is -0.507 e. The Kier molecular flexibility index (Phi) is 3.88. The molecule has 0 radical (unpaired) electrons. The number of aromatic carboxylic acids is 1. The molecule has 0 fully saturated rings. The van der Waals surface area contributed by atoms with Gasteiger partial charge in [0, 0.05) is 18.0 Å². The zero-order valence-corrected chi connectivity index (χ0v) is 13.3. The minimum absolute atomic E-state index is 0.111. The van der Waals surface area contributed by atoms with Gasteiger partial charge in [-0.2, -0.15) is 4.99 Å². The number of anilines is 1. The average molecular weight is 341 g/mol. The van der Waals surface area contributed by atoms with Crippen molar-refractivity contribution in [2.45, 2.75) is 18.9 Å². The maximum Gasteiger partial charge on any atom is 0.339 e. The van der Waals surface area contributed by atoms with E-state index in [0.29, 0.717) is 5.84 Å². The van der Waals surface area contributed by atoms with Crippen molar-refractivity contribution in [2.75, 3.05) is 5.32 Å². The molecule has 2 heterocycles. The SMILES string of the molecule is CC1(C(=O)Nc2ccc(C(=O)O)c(O)c2)CC(=O)N=C2C=CC=CN21. The Morgan fingerprint density at radius 1 is 1.32 bits per heavy atom. The normalized spacial score (nSPS) is 21.6. The molecule has 1 unspecified atom stereocenters. The van der Waals surface area contributed by atoms with Gasteiger partial charge in [0.2, 0.25) is 0 Å². The van der Waals surface area contributed by atoms with Crippen LogP contribution in [0.1, 0.15) is 23.7 Å². The molecule has 1 aromatic rings. The van der Waals surface area contributed by atoms with Gasteiger partial charge >= 0.3 is 5.97 Å². The highest BCUT2D eigenvalue weighted by Gasteiger charge is 2.45. The van der Waals surface area contributed by atoms with E-state index in [4.69, 9.17) is 5.11 Å². The number of benzene rings is 1.